The molecular formula is C28H31ClN4O4S. The summed E-state index contributed by atoms with van der Waals surface area (Å²) < 4.78 is 27.5. The van der Waals surface area contributed by atoms with Gasteiger partial charge >= 0.3 is 0 Å². The average Bonchev–Trinajstić information content (AvgIpc) is 3.74. The van der Waals surface area contributed by atoms with Crippen LogP contribution in [-0.4, -0.2) is 42.2 Å². The van der Waals surface area contributed by atoms with Crippen LogP contribution in [0.2, 0.25) is 5.02 Å². The van der Waals surface area contributed by atoms with Gasteiger partial charge in [0.25, 0.3) is 0 Å². The Morgan fingerprint density at radius 2 is 1.61 bits per heavy atom. The van der Waals surface area contributed by atoms with Gasteiger partial charge in [-0.05, 0) is 79.3 Å². The molecule has 0 unspecified atom stereocenters. The topological polar surface area (TPSA) is 108 Å². The summed E-state index contributed by atoms with van der Waals surface area (Å²) >= 11 is 6.02. The van der Waals surface area contributed by atoms with Crippen molar-refractivity contribution >= 4 is 33.4 Å². The second-order valence-corrected chi connectivity index (χ2v) is 11.6. The van der Waals surface area contributed by atoms with Crippen molar-refractivity contribution in [3.8, 4) is 0 Å². The summed E-state index contributed by atoms with van der Waals surface area (Å²) in [6.07, 6.45) is 5.64. The number of sulfonamides is 1. The highest BCUT2D eigenvalue weighted by molar-refractivity contribution is 7.89. The summed E-state index contributed by atoms with van der Waals surface area (Å²) in [7, 11) is -3.53. The minimum Gasteiger partial charge on any atom is -0.350 e. The van der Waals surface area contributed by atoms with E-state index in [1.54, 1.807) is 60.6 Å². The Morgan fingerprint density at radius 3 is 2.24 bits per heavy atom. The lowest BCUT2D eigenvalue weighted by Crippen LogP contribution is -2.47. The highest BCUT2D eigenvalue weighted by Crippen LogP contribution is 2.22. The van der Waals surface area contributed by atoms with Crippen molar-refractivity contribution < 1.29 is 18.0 Å². The van der Waals surface area contributed by atoms with E-state index in [0.29, 0.717) is 18.0 Å². The van der Waals surface area contributed by atoms with E-state index < -0.39 is 16.1 Å². The minimum atomic E-state index is -3.53. The molecule has 0 radical (unpaired) electrons. The molecular weight excluding hydrogens is 524 g/mol. The van der Waals surface area contributed by atoms with Gasteiger partial charge < -0.3 is 10.2 Å². The normalized spacial score (nSPS) is 14.1. The lowest BCUT2D eigenvalue weighted by molar-refractivity contribution is -0.140. The number of aryl methyl sites for hydroxylation is 1. The maximum Gasteiger partial charge on any atom is 0.242 e. The Balaban J connectivity index is 1.41. The van der Waals surface area contributed by atoms with Gasteiger partial charge in [0.05, 0.1) is 4.90 Å². The van der Waals surface area contributed by atoms with Crippen molar-refractivity contribution in [1.82, 2.24) is 19.9 Å². The zero-order valence-corrected chi connectivity index (χ0v) is 22.7. The largest absolute Gasteiger partial charge is 0.350 e. The van der Waals surface area contributed by atoms with E-state index >= 15 is 0 Å². The fourth-order valence-corrected chi connectivity index (χ4v) is 5.36. The van der Waals surface area contributed by atoms with Crippen LogP contribution in [0.4, 0.5) is 0 Å². The molecule has 4 rings (SSSR count). The molecule has 1 aliphatic rings. The van der Waals surface area contributed by atoms with Crippen molar-refractivity contribution in [2.75, 3.05) is 0 Å². The van der Waals surface area contributed by atoms with Gasteiger partial charge in [0.1, 0.15) is 6.04 Å². The number of amides is 2. The van der Waals surface area contributed by atoms with E-state index in [2.05, 4.69) is 15.0 Å². The molecule has 8 nitrogen and oxygen atoms in total. The number of nitrogens with zero attached hydrogens (tertiary/aromatic N) is 2. The summed E-state index contributed by atoms with van der Waals surface area (Å²) in [5.41, 5.74) is 2.60. The molecule has 3 aromatic rings. The number of hydrogen-bond donors (Lipinski definition) is 2. The van der Waals surface area contributed by atoms with Gasteiger partial charge in [-0.15, -0.1) is 0 Å². The van der Waals surface area contributed by atoms with E-state index in [1.807, 2.05) is 24.3 Å². The molecule has 2 amide bonds. The number of aromatic nitrogens is 1. The minimum absolute atomic E-state index is 0.0350. The van der Waals surface area contributed by atoms with Gasteiger partial charge in [-0.1, -0.05) is 35.9 Å². The van der Waals surface area contributed by atoms with Crippen molar-refractivity contribution in [1.29, 1.82) is 0 Å². The van der Waals surface area contributed by atoms with Crippen LogP contribution in [0.3, 0.4) is 0 Å². The monoisotopic (exact) mass is 554 g/mol. The smallest absolute Gasteiger partial charge is 0.242 e. The number of hydrogen-bond acceptors (Lipinski definition) is 5. The Hall–Kier alpha value is -3.27. The number of carbonyl (C=O) groups is 2. The van der Waals surface area contributed by atoms with E-state index in [0.717, 1.165) is 29.5 Å². The molecule has 1 aliphatic carbocycles. The molecule has 0 saturated heterocycles. The maximum absolute atomic E-state index is 13.4. The summed E-state index contributed by atoms with van der Waals surface area (Å²) in [6.45, 7) is 2.30. The van der Waals surface area contributed by atoms with Crippen molar-refractivity contribution in [2.45, 2.75) is 62.7 Å². The number of carbonyl (C=O) groups excluding carboxylic acids is 2. The molecule has 1 atom stereocenters. The average molecular weight is 555 g/mol. The summed E-state index contributed by atoms with van der Waals surface area (Å²) in [6, 6.07) is 16.7. The van der Waals surface area contributed by atoms with Crippen LogP contribution in [0, 0.1) is 0 Å². The highest BCUT2D eigenvalue weighted by Gasteiger charge is 2.28. The van der Waals surface area contributed by atoms with Gasteiger partial charge in [0.2, 0.25) is 21.8 Å². The Morgan fingerprint density at radius 1 is 0.974 bits per heavy atom. The van der Waals surface area contributed by atoms with Crippen LogP contribution in [0.25, 0.3) is 0 Å². The molecule has 1 saturated carbocycles. The fourth-order valence-electron chi connectivity index (χ4n) is 3.93. The molecule has 10 heteroatoms. The highest BCUT2D eigenvalue weighted by atomic mass is 35.5. The lowest BCUT2D eigenvalue weighted by Gasteiger charge is -2.29. The van der Waals surface area contributed by atoms with Crippen LogP contribution in [0.1, 0.15) is 42.9 Å². The van der Waals surface area contributed by atoms with E-state index in [9.17, 15) is 18.0 Å². The molecule has 200 valence electrons. The zero-order chi connectivity index (χ0) is 27.1. The van der Waals surface area contributed by atoms with Crippen LogP contribution >= 0.6 is 11.6 Å². The first-order valence-electron chi connectivity index (χ1n) is 12.5. The molecule has 2 aromatic carbocycles. The van der Waals surface area contributed by atoms with Gasteiger partial charge in [0.15, 0.2) is 0 Å². The molecule has 1 fully saturated rings. The third-order valence-corrected chi connectivity index (χ3v) is 8.20. The van der Waals surface area contributed by atoms with E-state index in [4.69, 9.17) is 11.6 Å². The standard InChI is InChI=1S/C28H31ClN4O4S/c1-20(28(35)31-18-22-14-16-30-17-15-22)33(19-23-2-7-24(29)8-3-23)27(34)13-6-21-4-11-26(12-5-21)38(36,37)32-25-9-10-25/h2-5,7-8,11-12,14-17,20,25,32H,6,9-10,13,18-19H2,1H3,(H,31,35)/t20-/m1/s1. The molecule has 0 aliphatic heterocycles. The second-order valence-electron chi connectivity index (χ2n) is 9.44. The summed E-state index contributed by atoms with van der Waals surface area (Å²) in [5.74, 6) is -0.444. The summed E-state index contributed by atoms with van der Waals surface area (Å²) in [4.78, 5) is 32.1. The van der Waals surface area contributed by atoms with Gasteiger partial charge in [0, 0.05) is 43.0 Å². The van der Waals surface area contributed by atoms with E-state index in [1.165, 1.54) is 0 Å². The number of nitrogens with one attached hydrogen (secondary N) is 2. The van der Waals surface area contributed by atoms with Crippen LogP contribution in [0.5, 0.6) is 0 Å². The first-order valence-corrected chi connectivity index (χ1v) is 14.4. The number of rotatable bonds is 12. The van der Waals surface area contributed by atoms with Crippen LogP contribution in [-0.2, 0) is 39.1 Å². The summed E-state index contributed by atoms with van der Waals surface area (Å²) in [5, 5.41) is 3.49. The number of benzene rings is 2. The molecule has 2 N–H and O–H groups in total. The fraction of sp³-hybridized carbons (Fsp3) is 0.321. The van der Waals surface area contributed by atoms with Gasteiger partial charge in [-0.25, -0.2) is 13.1 Å². The first kappa shape index (κ1) is 27.8. The Kier molecular flexibility index (Phi) is 9.14. The Labute approximate surface area is 228 Å². The quantitative estimate of drug-likeness (QED) is 0.353. The van der Waals surface area contributed by atoms with Gasteiger partial charge in [-0.2, -0.15) is 0 Å². The van der Waals surface area contributed by atoms with Crippen molar-refractivity contribution in [2.24, 2.45) is 0 Å². The molecule has 1 heterocycles. The first-order chi connectivity index (χ1) is 18.2. The molecule has 0 spiro atoms. The predicted octanol–water partition coefficient (Wildman–Crippen LogP) is 3.84. The number of halogens is 1. The SMILES string of the molecule is C[C@H](C(=O)NCc1ccncc1)N(Cc1ccc(Cl)cc1)C(=O)CCc1ccc(S(=O)(=O)NC2CC2)cc1. The Bertz CT molecular complexity index is 1350. The number of pyridine rings is 1. The molecule has 0 bridgehead atoms. The molecule has 1 aromatic heterocycles. The van der Waals surface area contributed by atoms with Crippen molar-refractivity contribution in [3.63, 3.8) is 0 Å². The zero-order valence-electron chi connectivity index (χ0n) is 21.1. The molecule has 38 heavy (non-hydrogen) atoms. The third-order valence-electron chi connectivity index (χ3n) is 6.41. The van der Waals surface area contributed by atoms with Gasteiger partial charge in [-0.3, -0.25) is 14.6 Å². The second kappa shape index (κ2) is 12.5. The lowest BCUT2D eigenvalue weighted by atomic mass is 10.1. The van der Waals surface area contributed by atoms with Crippen LogP contribution in [0.15, 0.2) is 78.0 Å². The predicted molar refractivity (Wildman–Crippen MR) is 146 cm³/mol. The third kappa shape index (κ3) is 7.86. The maximum atomic E-state index is 13.4. The van der Waals surface area contributed by atoms with Crippen molar-refractivity contribution in [3.05, 3.63) is 94.8 Å². The van der Waals surface area contributed by atoms with Crippen LogP contribution < -0.4 is 10.0 Å². The van der Waals surface area contributed by atoms with E-state index in [-0.39, 0.29) is 35.7 Å².